The van der Waals surface area contributed by atoms with Crippen molar-refractivity contribution < 1.29 is 31.1 Å². The van der Waals surface area contributed by atoms with Gasteiger partial charge < -0.3 is 15.4 Å². The van der Waals surface area contributed by atoms with Crippen molar-refractivity contribution in [1.82, 2.24) is 0 Å². The number of aryl methyl sites for hydroxylation is 1. The maximum absolute atomic E-state index is 12.9. The molecular weight excluding hydrogens is 481 g/mol. The van der Waals surface area contributed by atoms with Crippen LogP contribution < -0.4 is 15.4 Å². The van der Waals surface area contributed by atoms with Crippen LogP contribution in [0.2, 0.25) is 5.02 Å². The second-order valence-electron chi connectivity index (χ2n) is 7.02. The molecule has 0 unspecified atom stereocenters. The Balaban J connectivity index is 1.70. The number of anilines is 2. The summed E-state index contributed by atoms with van der Waals surface area (Å²) in [6, 6.07) is 14.8. The summed E-state index contributed by atoms with van der Waals surface area (Å²) in [5.41, 5.74) is 1.51. The lowest BCUT2D eigenvalue weighted by Gasteiger charge is -2.13. The fourth-order valence-corrected chi connectivity index (χ4v) is 4.70. The number of amides is 2. The number of sulfone groups is 1. The van der Waals surface area contributed by atoms with Crippen molar-refractivity contribution >= 4 is 38.8 Å². The van der Waals surface area contributed by atoms with Crippen LogP contribution in [0.15, 0.2) is 71.6 Å². The number of hydrogen-bond donors (Lipinski definition) is 2. The molecule has 0 aromatic heterocycles. The third-order valence-corrected chi connectivity index (χ3v) is 6.47. The molecule has 3 aromatic carbocycles. The first-order valence-corrected chi connectivity index (χ1v) is 11.5. The highest BCUT2D eigenvalue weighted by Gasteiger charge is 2.31. The minimum atomic E-state index is -4.82. The van der Waals surface area contributed by atoms with Gasteiger partial charge in [0.05, 0.1) is 10.6 Å². The predicted molar refractivity (Wildman–Crippen MR) is 119 cm³/mol. The molecular formula is C22H18ClF3N2O4S. The van der Waals surface area contributed by atoms with E-state index in [2.05, 4.69) is 15.4 Å². The van der Waals surface area contributed by atoms with E-state index in [0.717, 1.165) is 12.1 Å². The highest BCUT2D eigenvalue weighted by molar-refractivity contribution is 7.90. The van der Waals surface area contributed by atoms with Gasteiger partial charge in [-0.3, -0.25) is 0 Å². The van der Waals surface area contributed by atoms with Crippen LogP contribution >= 0.6 is 11.6 Å². The number of halogens is 4. The molecule has 0 heterocycles. The van der Waals surface area contributed by atoms with E-state index < -0.39 is 28.0 Å². The Hall–Kier alpha value is -3.24. The first-order valence-electron chi connectivity index (χ1n) is 9.43. The zero-order valence-electron chi connectivity index (χ0n) is 17.1. The Morgan fingerprint density at radius 3 is 2.12 bits per heavy atom. The van der Waals surface area contributed by atoms with Gasteiger partial charge >= 0.3 is 12.4 Å². The standard InChI is InChI=1S/C22H18ClF3N2O4S/c1-14-2-7-18(12-20(14)33(30,31)13-15-3-5-16(23)6-4-15)28-21(29)27-17-8-10-19(11-9-17)32-22(24,25)26/h2-12H,13H2,1H3,(H2,27,28,29). The Bertz CT molecular complexity index is 1250. The monoisotopic (exact) mass is 498 g/mol. The van der Waals surface area contributed by atoms with Crippen molar-refractivity contribution in [2.24, 2.45) is 0 Å². The van der Waals surface area contributed by atoms with Crippen LogP contribution in [0.3, 0.4) is 0 Å². The molecule has 174 valence electrons. The Morgan fingerprint density at radius 1 is 0.939 bits per heavy atom. The molecule has 0 aliphatic heterocycles. The highest BCUT2D eigenvalue weighted by Crippen LogP contribution is 2.26. The van der Waals surface area contributed by atoms with Gasteiger partial charge in [0.15, 0.2) is 9.84 Å². The second-order valence-corrected chi connectivity index (χ2v) is 9.41. The molecule has 0 spiro atoms. The number of benzene rings is 3. The quantitative estimate of drug-likeness (QED) is 0.426. The predicted octanol–water partition coefficient (Wildman–Crippen LogP) is 6.16. The Labute approximate surface area is 193 Å². The molecule has 2 amide bonds. The lowest BCUT2D eigenvalue weighted by atomic mass is 10.2. The topological polar surface area (TPSA) is 84.5 Å². The van der Waals surface area contributed by atoms with Gasteiger partial charge in [-0.25, -0.2) is 13.2 Å². The van der Waals surface area contributed by atoms with E-state index in [0.29, 0.717) is 16.1 Å². The zero-order valence-corrected chi connectivity index (χ0v) is 18.7. The number of carbonyl (C=O) groups is 1. The summed E-state index contributed by atoms with van der Waals surface area (Å²) < 4.78 is 66.3. The second kappa shape index (κ2) is 9.72. The molecule has 0 saturated heterocycles. The molecule has 0 atom stereocenters. The summed E-state index contributed by atoms with van der Waals surface area (Å²) >= 11 is 5.84. The fourth-order valence-electron chi connectivity index (χ4n) is 2.92. The largest absolute Gasteiger partial charge is 0.573 e. The first-order chi connectivity index (χ1) is 15.4. The van der Waals surface area contributed by atoms with E-state index in [-0.39, 0.29) is 22.0 Å². The van der Waals surface area contributed by atoms with Crippen molar-refractivity contribution in [1.29, 1.82) is 0 Å². The molecule has 0 radical (unpaired) electrons. The minimum Gasteiger partial charge on any atom is -0.406 e. The number of ether oxygens (including phenoxy) is 1. The van der Waals surface area contributed by atoms with Gasteiger partial charge in [-0.05, 0) is 66.6 Å². The molecule has 6 nitrogen and oxygen atoms in total. The lowest BCUT2D eigenvalue weighted by molar-refractivity contribution is -0.274. The molecule has 3 rings (SSSR count). The highest BCUT2D eigenvalue weighted by atomic mass is 35.5. The molecule has 0 fully saturated rings. The van der Waals surface area contributed by atoms with Crippen LogP contribution in [0.25, 0.3) is 0 Å². The smallest absolute Gasteiger partial charge is 0.406 e. The van der Waals surface area contributed by atoms with Crippen molar-refractivity contribution in [3.8, 4) is 5.75 Å². The van der Waals surface area contributed by atoms with Gasteiger partial charge in [0.25, 0.3) is 0 Å². The average molecular weight is 499 g/mol. The average Bonchev–Trinajstić information content (AvgIpc) is 2.71. The number of nitrogens with one attached hydrogen (secondary N) is 2. The summed E-state index contributed by atoms with van der Waals surface area (Å²) in [6.07, 6.45) is -4.82. The number of hydrogen-bond acceptors (Lipinski definition) is 4. The number of alkyl halides is 3. The molecule has 0 aliphatic carbocycles. The van der Waals surface area contributed by atoms with E-state index >= 15 is 0 Å². The van der Waals surface area contributed by atoms with Crippen molar-refractivity contribution in [3.63, 3.8) is 0 Å². The lowest BCUT2D eigenvalue weighted by Crippen LogP contribution is -2.20. The van der Waals surface area contributed by atoms with Crippen LogP contribution in [-0.4, -0.2) is 20.8 Å². The zero-order chi connectivity index (χ0) is 24.2. The third kappa shape index (κ3) is 7.13. The molecule has 33 heavy (non-hydrogen) atoms. The van der Waals surface area contributed by atoms with Gasteiger partial charge in [0.2, 0.25) is 0 Å². The first kappa shape index (κ1) is 24.4. The molecule has 3 aromatic rings. The van der Waals surface area contributed by atoms with Crippen molar-refractivity contribution in [2.75, 3.05) is 10.6 Å². The normalized spacial score (nSPS) is 11.7. The van der Waals surface area contributed by atoms with Crippen LogP contribution in [0.5, 0.6) is 5.75 Å². The summed E-state index contributed by atoms with van der Waals surface area (Å²) in [7, 11) is -3.71. The Kier molecular flexibility index (Phi) is 7.19. The van der Waals surface area contributed by atoms with Gasteiger partial charge in [-0.1, -0.05) is 29.8 Å². The van der Waals surface area contributed by atoms with E-state index in [9.17, 15) is 26.4 Å². The van der Waals surface area contributed by atoms with Gasteiger partial charge in [0, 0.05) is 16.4 Å². The van der Waals surface area contributed by atoms with Crippen LogP contribution in [0.1, 0.15) is 11.1 Å². The molecule has 0 aliphatic rings. The summed E-state index contributed by atoms with van der Waals surface area (Å²) in [4.78, 5) is 12.3. The van der Waals surface area contributed by atoms with Gasteiger partial charge in [-0.15, -0.1) is 13.2 Å². The van der Waals surface area contributed by atoms with E-state index in [4.69, 9.17) is 11.6 Å². The fraction of sp³-hybridized carbons (Fsp3) is 0.136. The minimum absolute atomic E-state index is 0.0592. The number of urea groups is 1. The maximum atomic E-state index is 12.9. The molecule has 0 bridgehead atoms. The van der Waals surface area contributed by atoms with Crippen LogP contribution in [0, 0.1) is 6.92 Å². The van der Waals surface area contributed by atoms with Gasteiger partial charge in [-0.2, -0.15) is 0 Å². The van der Waals surface area contributed by atoms with Crippen LogP contribution in [0.4, 0.5) is 29.3 Å². The summed E-state index contributed by atoms with van der Waals surface area (Å²) in [5, 5.41) is 5.45. The van der Waals surface area contributed by atoms with Crippen molar-refractivity contribution in [3.05, 3.63) is 82.9 Å². The van der Waals surface area contributed by atoms with Gasteiger partial charge in [0.1, 0.15) is 5.75 Å². The Morgan fingerprint density at radius 2 is 1.52 bits per heavy atom. The molecule has 0 saturated carbocycles. The van der Waals surface area contributed by atoms with E-state index in [1.807, 2.05) is 0 Å². The van der Waals surface area contributed by atoms with Crippen molar-refractivity contribution in [2.45, 2.75) is 23.9 Å². The maximum Gasteiger partial charge on any atom is 0.573 e. The molecule has 2 N–H and O–H groups in total. The van der Waals surface area contributed by atoms with E-state index in [1.165, 1.54) is 24.3 Å². The number of carbonyl (C=O) groups excluding carboxylic acids is 1. The van der Waals surface area contributed by atoms with Crippen LogP contribution in [-0.2, 0) is 15.6 Å². The summed E-state index contributed by atoms with van der Waals surface area (Å²) in [6.45, 7) is 1.64. The SMILES string of the molecule is Cc1ccc(NC(=O)Nc2ccc(OC(F)(F)F)cc2)cc1S(=O)(=O)Cc1ccc(Cl)cc1. The van der Waals surface area contributed by atoms with E-state index in [1.54, 1.807) is 37.3 Å². The summed E-state index contributed by atoms with van der Waals surface area (Å²) in [5.74, 6) is -0.671. The third-order valence-electron chi connectivity index (χ3n) is 4.40. The number of rotatable bonds is 6. The molecule has 11 heteroatoms.